The summed E-state index contributed by atoms with van der Waals surface area (Å²) in [6.07, 6.45) is -3.48. The van der Waals surface area contributed by atoms with E-state index >= 15 is 0 Å². The predicted molar refractivity (Wildman–Crippen MR) is 87.6 cm³/mol. The molecule has 9 heteroatoms. The van der Waals surface area contributed by atoms with E-state index in [0.29, 0.717) is 16.7 Å². The predicted octanol–water partition coefficient (Wildman–Crippen LogP) is 0.0518. The maximum absolute atomic E-state index is 12.6. The van der Waals surface area contributed by atoms with Crippen LogP contribution >= 0.6 is 0 Å². The first-order valence-electron chi connectivity index (χ1n) is 7.63. The summed E-state index contributed by atoms with van der Waals surface area (Å²) in [5.41, 5.74) is 5.71. The Balaban J connectivity index is 0.000000552. The number of benzene rings is 1. The number of hydrogen-bond donors (Lipinski definition) is 5. The zero-order valence-electron chi connectivity index (χ0n) is 14.1. The number of primary amides is 1. The summed E-state index contributed by atoms with van der Waals surface area (Å²) in [6.45, 7) is 1.11. The van der Waals surface area contributed by atoms with Gasteiger partial charge in [-0.15, -0.1) is 0 Å². The van der Waals surface area contributed by atoms with Gasteiger partial charge in [-0.1, -0.05) is 0 Å². The summed E-state index contributed by atoms with van der Waals surface area (Å²) < 4.78 is 5.03. The second-order valence-electron chi connectivity index (χ2n) is 5.88. The van der Waals surface area contributed by atoms with Gasteiger partial charge in [-0.05, 0) is 29.7 Å². The van der Waals surface area contributed by atoms with Crippen molar-refractivity contribution in [2.24, 2.45) is 5.73 Å². The molecule has 2 aliphatic rings. The average molecular weight is 365 g/mol. The number of aliphatic hydroxyl groups is 3. The van der Waals surface area contributed by atoms with Gasteiger partial charge in [0.1, 0.15) is 6.10 Å². The molecule has 6 N–H and O–H groups in total. The minimum absolute atomic E-state index is 0.0135. The number of allylic oxidation sites excluding steroid dienone is 2. The number of amides is 1. The van der Waals surface area contributed by atoms with E-state index in [1.54, 1.807) is 0 Å². The number of carboxylic acid groups (broad SMARTS) is 1. The highest BCUT2D eigenvalue weighted by Gasteiger charge is 2.40. The van der Waals surface area contributed by atoms with Crippen LogP contribution < -0.4 is 5.73 Å². The molecule has 2 atom stereocenters. The lowest BCUT2D eigenvalue weighted by Crippen LogP contribution is -2.24. The Morgan fingerprint density at radius 3 is 2.38 bits per heavy atom. The fraction of sp³-hybridized carbons (Fsp3) is 0.353. The van der Waals surface area contributed by atoms with Crippen LogP contribution in [0, 0.1) is 0 Å². The number of ketones is 2. The zero-order chi connectivity index (χ0) is 19.8. The van der Waals surface area contributed by atoms with Crippen molar-refractivity contribution in [1.82, 2.24) is 0 Å². The number of methoxy groups -OCH3 is 1. The molecule has 2 aliphatic carbocycles. The van der Waals surface area contributed by atoms with Crippen LogP contribution in [-0.2, 0) is 17.8 Å². The molecule has 1 aromatic rings. The van der Waals surface area contributed by atoms with Crippen LogP contribution in [0.2, 0.25) is 0 Å². The lowest BCUT2D eigenvalue weighted by Gasteiger charge is -2.22. The van der Waals surface area contributed by atoms with E-state index < -0.39 is 30.7 Å². The highest BCUT2D eigenvalue weighted by atomic mass is 16.5. The first-order chi connectivity index (χ1) is 12.1. The van der Waals surface area contributed by atoms with E-state index in [4.69, 9.17) is 14.6 Å². The smallest absolute Gasteiger partial charge is 0.402 e. The van der Waals surface area contributed by atoms with Crippen molar-refractivity contribution >= 4 is 17.7 Å². The molecule has 0 saturated heterocycles. The van der Waals surface area contributed by atoms with Gasteiger partial charge in [0.15, 0.2) is 11.5 Å². The summed E-state index contributed by atoms with van der Waals surface area (Å²) in [5, 5.41) is 36.7. The lowest BCUT2D eigenvalue weighted by molar-refractivity contribution is 0.0317. The highest BCUT2D eigenvalue weighted by Crippen LogP contribution is 2.41. The largest absolute Gasteiger partial charge is 0.492 e. The standard InChI is InChI=1S/C16H16O6.CH3NO2/c1-6-13(19)12-8-4-10(18)15(21)11(8)7(5-17)3-9(12)14(20)16(6)22-2;2-1(3)4/h3,10,15,17-18,21H,4-5H2,1-2H3;2H2,(H,3,4). The molecule has 26 heavy (non-hydrogen) atoms. The minimum atomic E-state index is -1.33. The third kappa shape index (κ3) is 3.07. The third-order valence-corrected chi connectivity index (χ3v) is 4.37. The van der Waals surface area contributed by atoms with Crippen LogP contribution in [0.4, 0.5) is 4.79 Å². The van der Waals surface area contributed by atoms with Crippen molar-refractivity contribution in [3.8, 4) is 0 Å². The quantitative estimate of drug-likeness (QED) is 0.490. The molecular weight excluding hydrogens is 346 g/mol. The van der Waals surface area contributed by atoms with Crippen molar-refractivity contribution in [3.05, 3.63) is 45.2 Å². The fourth-order valence-electron chi connectivity index (χ4n) is 3.31. The van der Waals surface area contributed by atoms with Crippen molar-refractivity contribution in [1.29, 1.82) is 0 Å². The number of Topliss-reactive ketones (excluding diaryl/α,β-unsaturated/α-hetero) is 2. The molecule has 3 rings (SSSR count). The number of hydrogen-bond acceptors (Lipinski definition) is 7. The van der Waals surface area contributed by atoms with E-state index in [1.807, 2.05) is 0 Å². The number of rotatable bonds is 2. The van der Waals surface area contributed by atoms with Crippen molar-refractivity contribution in [2.75, 3.05) is 7.11 Å². The van der Waals surface area contributed by atoms with E-state index in [9.17, 15) is 24.9 Å². The topological polar surface area (TPSA) is 167 Å². The molecule has 0 aromatic heterocycles. The molecule has 1 aromatic carbocycles. The van der Waals surface area contributed by atoms with E-state index in [-0.39, 0.29) is 34.7 Å². The van der Waals surface area contributed by atoms with Crippen LogP contribution in [0.1, 0.15) is 50.4 Å². The SMILES string of the molecule is COC1=C(C)C(=O)c2c(cc(CO)c3c2CC(O)C3O)C1=O.NC(=O)O. The molecule has 0 radical (unpaired) electrons. The molecule has 0 fully saturated rings. The average Bonchev–Trinajstić information content (AvgIpc) is 2.87. The fourth-order valence-corrected chi connectivity index (χ4v) is 3.31. The molecule has 0 spiro atoms. The van der Waals surface area contributed by atoms with Gasteiger partial charge in [-0.3, -0.25) is 9.59 Å². The maximum Gasteiger partial charge on any atom is 0.402 e. The first-order valence-corrected chi connectivity index (χ1v) is 7.63. The van der Waals surface area contributed by atoms with Crippen LogP contribution in [-0.4, -0.2) is 51.3 Å². The highest BCUT2D eigenvalue weighted by molar-refractivity contribution is 6.26. The number of aliphatic hydroxyl groups excluding tert-OH is 3. The molecule has 0 saturated carbocycles. The second-order valence-corrected chi connectivity index (χ2v) is 5.88. The third-order valence-electron chi connectivity index (χ3n) is 4.37. The normalized spacial score (nSPS) is 21.0. The Morgan fingerprint density at radius 1 is 1.31 bits per heavy atom. The zero-order valence-corrected chi connectivity index (χ0v) is 14.1. The van der Waals surface area contributed by atoms with Gasteiger partial charge in [-0.25, -0.2) is 4.79 Å². The monoisotopic (exact) mass is 365 g/mol. The van der Waals surface area contributed by atoms with E-state index in [1.165, 1.54) is 20.1 Å². The van der Waals surface area contributed by atoms with Gasteiger partial charge in [0, 0.05) is 23.1 Å². The summed E-state index contributed by atoms with van der Waals surface area (Å²) in [4.78, 5) is 33.9. The van der Waals surface area contributed by atoms with Gasteiger partial charge in [0.2, 0.25) is 5.78 Å². The molecule has 1 amide bonds. The lowest BCUT2D eigenvalue weighted by atomic mass is 9.82. The molecule has 9 nitrogen and oxygen atoms in total. The Hall–Kier alpha value is -2.75. The van der Waals surface area contributed by atoms with Gasteiger partial charge < -0.3 is 30.9 Å². The number of nitrogens with two attached hydrogens (primary N) is 1. The van der Waals surface area contributed by atoms with Gasteiger partial charge in [-0.2, -0.15) is 0 Å². The minimum Gasteiger partial charge on any atom is -0.492 e. The van der Waals surface area contributed by atoms with Gasteiger partial charge >= 0.3 is 6.09 Å². The van der Waals surface area contributed by atoms with Crippen molar-refractivity contribution in [3.63, 3.8) is 0 Å². The van der Waals surface area contributed by atoms with Crippen molar-refractivity contribution < 1.29 is 39.5 Å². The summed E-state index contributed by atoms with van der Waals surface area (Å²) in [5.74, 6) is -0.795. The number of carbonyl (C=O) groups is 3. The molecule has 140 valence electrons. The van der Waals surface area contributed by atoms with E-state index in [0.717, 1.165) is 0 Å². The summed E-state index contributed by atoms with van der Waals surface area (Å²) in [7, 11) is 1.32. The van der Waals surface area contributed by atoms with Gasteiger partial charge in [0.25, 0.3) is 0 Å². The molecule has 2 unspecified atom stereocenters. The van der Waals surface area contributed by atoms with Gasteiger partial charge in [0.05, 0.1) is 19.8 Å². The first kappa shape index (κ1) is 19.6. The van der Waals surface area contributed by atoms with Crippen molar-refractivity contribution in [2.45, 2.75) is 32.2 Å². The number of carbonyl (C=O) groups excluding carboxylic acids is 2. The summed E-state index contributed by atoms with van der Waals surface area (Å²) >= 11 is 0. The van der Waals surface area contributed by atoms with Crippen LogP contribution in [0.15, 0.2) is 17.4 Å². The molecular formula is C17H19NO8. The van der Waals surface area contributed by atoms with Crippen LogP contribution in [0.25, 0.3) is 0 Å². The van der Waals surface area contributed by atoms with Crippen LogP contribution in [0.5, 0.6) is 0 Å². The molecule has 0 heterocycles. The number of fused-ring (bicyclic) bond motifs is 3. The Morgan fingerprint density at radius 2 is 1.88 bits per heavy atom. The maximum atomic E-state index is 12.6. The Bertz CT molecular complexity index is 823. The van der Waals surface area contributed by atoms with Crippen LogP contribution in [0.3, 0.4) is 0 Å². The molecule has 0 aliphatic heterocycles. The molecule has 0 bridgehead atoms. The Labute approximate surface area is 148 Å². The number of ether oxygens (including phenoxy) is 1. The van der Waals surface area contributed by atoms with E-state index in [2.05, 4.69) is 5.73 Å². The Kier molecular flexibility index (Phi) is 5.45. The summed E-state index contributed by atoms with van der Waals surface area (Å²) in [6, 6.07) is 1.40. The second kappa shape index (κ2) is 7.24.